The SMILES string of the molecule is C/C(=N\OCc1c(C)cccc1N)c1cccc2c1OC(F)(F)O2. The summed E-state index contributed by atoms with van der Waals surface area (Å²) in [5.41, 5.74) is 9.10. The fraction of sp³-hybridized carbons (Fsp3) is 0.235. The van der Waals surface area contributed by atoms with Gasteiger partial charge < -0.3 is 20.0 Å². The molecular weight excluding hydrogens is 318 g/mol. The highest BCUT2D eigenvalue weighted by atomic mass is 19.3. The Morgan fingerprint density at radius 3 is 2.71 bits per heavy atom. The van der Waals surface area contributed by atoms with Crippen molar-refractivity contribution in [3.63, 3.8) is 0 Å². The minimum Gasteiger partial charge on any atom is -0.398 e. The molecule has 0 amide bonds. The molecule has 7 heteroatoms. The summed E-state index contributed by atoms with van der Waals surface area (Å²) in [7, 11) is 0. The summed E-state index contributed by atoms with van der Waals surface area (Å²) in [4.78, 5) is 5.33. The summed E-state index contributed by atoms with van der Waals surface area (Å²) in [6, 6.07) is 10.1. The molecular formula is C17H16F2N2O3. The highest BCUT2D eigenvalue weighted by Gasteiger charge is 2.44. The largest absolute Gasteiger partial charge is 0.586 e. The lowest BCUT2D eigenvalue weighted by Crippen LogP contribution is -2.26. The molecule has 0 bridgehead atoms. The first-order chi connectivity index (χ1) is 11.4. The van der Waals surface area contributed by atoms with Crippen LogP contribution in [0.15, 0.2) is 41.6 Å². The number of para-hydroxylation sites is 1. The first-order valence-electron chi connectivity index (χ1n) is 7.27. The molecule has 24 heavy (non-hydrogen) atoms. The second-order valence-electron chi connectivity index (χ2n) is 5.39. The molecule has 0 atom stereocenters. The van der Waals surface area contributed by atoms with Crippen molar-refractivity contribution in [2.24, 2.45) is 5.16 Å². The number of aryl methyl sites for hydroxylation is 1. The standard InChI is InChI=1S/C17H16F2N2O3/c1-10-5-3-7-14(20)13(10)9-22-21-11(2)12-6-4-8-15-16(12)24-17(18,19)23-15/h3-8H,9,20H2,1-2H3/b21-11+. The maximum Gasteiger partial charge on any atom is 0.586 e. The number of nitrogen functional groups attached to an aromatic ring is 1. The van der Waals surface area contributed by atoms with Gasteiger partial charge in [0.15, 0.2) is 11.5 Å². The quantitative estimate of drug-likeness (QED) is 0.524. The van der Waals surface area contributed by atoms with E-state index in [1.807, 2.05) is 19.1 Å². The van der Waals surface area contributed by atoms with E-state index in [9.17, 15) is 8.78 Å². The van der Waals surface area contributed by atoms with E-state index in [0.717, 1.165) is 11.1 Å². The third-order valence-electron chi connectivity index (χ3n) is 3.68. The van der Waals surface area contributed by atoms with Crippen LogP contribution in [-0.2, 0) is 11.4 Å². The van der Waals surface area contributed by atoms with Gasteiger partial charge in [-0.3, -0.25) is 0 Å². The van der Waals surface area contributed by atoms with Gasteiger partial charge in [-0.1, -0.05) is 23.4 Å². The van der Waals surface area contributed by atoms with Crippen molar-refractivity contribution in [1.29, 1.82) is 0 Å². The number of benzene rings is 2. The van der Waals surface area contributed by atoms with E-state index in [1.54, 1.807) is 25.1 Å². The van der Waals surface area contributed by atoms with Crippen LogP contribution < -0.4 is 15.2 Å². The smallest absolute Gasteiger partial charge is 0.398 e. The molecule has 0 radical (unpaired) electrons. The van der Waals surface area contributed by atoms with Crippen molar-refractivity contribution >= 4 is 11.4 Å². The van der Waals surface area contributed by atoms with Gasteiger partial charge in [-0.25, -0.2) is 0 Å². The zero-order valence-electron chi connectivity index (χ0n) is 13.2. The van der Waals surface area contributed by atoms with Crippen molar-refractivity contribution in [2.75, 3.05) is 5.73 Å². The average molecular weight is 334 g/mol. The van der Waals surface area contributed by atoms with E-state index in [-0.39, 0.29) is 18.1 Å². The number of hydrogen-bond donors (Lipinski definition) is 1. The van der Waals surface area contributed by atoms with Crippen molar-refractivity contribution in [1.82, 2.24) is 0 Å². The van der Waals surface area contributed by atoms with Crippen molar-refractivity contribution in [3.8, 4) is 11.5 Å². The maximum absolute atomic E-state index is 13.2. The van der Waals surface area contributed by atoms with Gasteiger partial charge in [-0.15, -0.1) is 8.78 Å². The molecule has 2 N–H and O–H groups in total. The first-order valence-corrected chi connectivity index (χ1v) is 7.27. The second-order valence-corrected chi connectivity index (χ2v) is 5.39. The number of ether oxygens (including phenoxy) is 2. The van der Waals surface area contributed by atoms with Gasteiger partial charge >= 0.3 is 6.29 Å². The van der Waals surface area contributed by atoms with Gasteiger partial charge in [0.05, 0.1) is 5.71 Å². The normalized spacial score (nSPS) is 15.4. The molecule has 0 unspecified atom stereocenters. The van der Waals surface area contributed by atoms with E-state index < -0.39 is 6.29 Å². The molecule has 2 aromatic rings. The van der Waals surface area contributed by atoms with Crippen molar-refractivity contribution < 1.29 is 23.1 Å². The highest BCUT2D eigenvalue weighted by molar-refractivity contribution is 6.01. The van der Waals surface area contributed by atoms with Crippen LogP contribution >= 0.6 is 0 Å². The molecule has 5 nitrogen and oxygen atoms in total. The van der Waals surface area contributed by atoms with Crippen LogP contribution in [0.4, 0.5) is 14.5 Å². The van der Waals surface area contributed by atoms with Gasteiger partial charge in [0.1, 0.15) is 6.61 Å². The number of fused-ring (bicyclic) bond motifs is 1. The number of oxime groups is 1. The number of rotatable bonds is 4. The summed E-state index contributed by atoms with van der Waals surface area (Å²) >= 11 is 0. The fourth-order valence-corrected chi connectivity index (χ4v) is 2.42. The monoisotopic (exact) mass is 334 g/mol. The number of nitrogens with zero attached hydrogens (tertiary/aromatic N) is 1. The van der Waals surface area contributed by atoms with Gasteiger partial charge in [-0.05, 0) is 37.6 Å². The zero-order chi connectivity index (χ0) is 17.3. The lowest BCUT2D eigenvalue weighted by Gasteiger charge is -2.09. The van der Waals surface area contributed by atoms with Crippen molar-refractivity contribution in [3.05, 3.63) is 53.1 Å². The third kappa shape index (κ3) is 3.10. The summed E-state index contributed by atoms with van der Waals surface area (Å²) in [5.74, 6) is -0.0852. The Kier molecular flexibility index (Phi) is 4.01. The van der Waals surface area contributed by atoms with Gasteiger partial charge in [0, 0.05) is 16.8 Å². The Morgan fingerprint density at radius 2 is 1.96 bits per heavy atom. The third-order valence-corrected chi connectivity index (χ3v) is 3.68. The van der Waals surface area contributed by atoms with Gasteiger partial charge in [0.25, 0.3) is 0 Å². The Balaban J connectivity index is 1.78. The Hall–Kier alpha value is -2.83. The molecule has 126 valence electrons. The Morgan fingerprint density at radius 1 is 1.21 bits per heavy atom. The molecule has 1 heterocycles. The molecule has 1 aliphatic heterocycles. The van der Waals surface area contributed by atoms with Gasteiger partial charge in [-0.2, -0.15) is 0 Å². The Bertz CT molecular complexity index is 786. The van der Waals surface area contributed by atoms with E-state index in [1.165, 1.54) is 6.07 Å². The molecule has 2 aromatic carbocycles. The first kappa shape index (κ1) is 16.0. The van der Waals surface area contributed by atoms with Crippen LogP contribution in [0.25, 0.3) is 0 Å². The van der Waals surface area contributed by atoms with Crippen LogP contribution in [0.1, 0.15) is 23.6 Å². The second kappa shape index (κ2) is 5.99. The van der Waals surface area contributed by atoms with E-state index in [0.29, 0.717) is 17.0 Å². The predicted octanol–water partition coefficient (Wildman–Crippen LogP) is 3.84. The van der Waals surface area contributed by atoms with Crippen LogP contribution in [0, 0.1) is 6.92 Å². The summed E-state index contributed by atoms with van der Waals surface area (Å²) < 4.78 is 35.4. The van der Waals surface area contributed by atoms with Crippen LogP contribution in [0.3, 0.4) is 0 Å². The minimum absolute atomic E-state index is 0.0322. The summed E-state index contributed by atoms with van der Waals surface area (Å²) in [5, 5.41) is 3.98. The van der Waals surface area contributed by atoms with Crippen LogP contribution in [-0.4, -0.2) is 12.0 Å². The number of halogens is 2. The van der Waals surface area contributed by atoms with Crippen molar-refractivity contribution in [2.45, 2.75) is 26.7 Å². The lowest BCUT2D eigenvalue weighted by molar-refractivity contribution is -0.286. The molecule has 1 aliphatic rings. The molecule has 0 saturated carbocycles. The van der Waals surface area contributed by atoms with Gasteiger partial charge in [0.2, 0.25) is 0 Å². The molecule has 0 saturated heterocycles. The maximum atomic E-state index is 13.2. The minimum atomic E-state index is -3.67. The molecule has 0 fully saturated rings. The zero-order valence-corrected chi connectivity index (χ0v) is 13.2. The predicted molar refractivity (Wildman–Crippen MR) is 85.2 cm³/mol. The lowest BCUT2D eigenvalue weighted by atomic mass is 10.1. The molecule has 0 aliphatic carbocycles. The number of alkyl halides is 2. The average Bonchev–Trinajstić information content (AvgIpc) is 2.83. The summed E-state index contributed by atoms with van der Waals surface area (Å²) in [6.45, 7) is 3.73. The van der Waals surface area contributed by atoms with E-state index in [2.05, 4.69) is 14.6 Å². The number of nitrogens with two attached hydrogens (primary N) is 1. The Labute approximate surface area is 137 Å². The van der Waals surface area contributed by atoms with Crippen LogP contribution in [0.5, 0.6) is 11.5 Å². The molecule has 0 aromatic heterocycles. The highest BCUT2D eigenvalue weighted by Crippen LogP contribution is 2.43. The number of anilines is 1. The van der Waals surface area contributed by atoms with E-state index >= 15 is 0 Å². The summed E-state index contributed by atoms with van der Waals surface area (Å²) in [6.07, 6.45) is -3.67. The molecule has 3 rings (SSSR count). The number of hydrogen-bond acceptors (Lipinski definition) is 5. The topological polar surface area (TPSA) is 66.1 Å². The van der Waals surface area contributed by atoms with E-state index in [4.69, 9.17) is 10.6 Å². The molecule has 0 spiro atoms. The van der Waals surface area contributed by atoms with Crippen LogP contribution in [0.2, 0.25) is 0 Å². The fourth-order valence-electron chi connectivity index (χ4n) is 2.42.